The highest BCUT2D eigenvalue weighted by atomic mass is 14.2. The molecule has 0 fully saturated rings. The van der Waals surface area contributed by atoms with E-state index in [2.05, 4.69) is 182 Å². The van der Waals surface area contributed by atoms with Gasteiger partial charge in [-0.1, -0.05) is 164 Å². The Kier molecular flexibility index (Phi) is 5.98. The maximum Gasteiger partial charge on any atom is -0.00201 e. The zero-order valence-electron chi connectivity index (χ0n) is 26.3. The van der Waals surface area contributed by atoms with Crippen LogP contribution in [-0.2, 0) is 0 Å². The van der Waals surface area contributed by atoms with Gasteiger partial charge in [0.15, 0.2) is 0 Å². The van der Waals surface area contributed by atoms with Crippen LogP contribution in [0.1, 0.15) is 0 Å². The summed E-state index contributed by atoms with van der Waals surface area (Å²) < 4.78 is 0. The molecule has 0 N–H and O–H groups in total. The number of fused-ring (bicyclic) bond motifs is 7. The second-order valence-corrected chi connectivity index (χ2v) is 12.9. The van der Waals surface area contributed by atoms with Crippen LogP contribution in [0.5, 0.6) is 0 Å². The molecule has 0 heteroatoms. The number of hydrogen-bond acceptors (Lipinski definition) is 0. The van der Waals surface area contributed by atoms with Gasteiger partial charge >= 0.3 is 0 Å². The fourth-order valence-corrected chi connectivity index (χ4v) is 7.96. The van der Waals surface area contributed by atoms with Crippen LogP contribution in [0.25, 0.3) is 98.0 Å². The van der Waals surface area contributed by atoms with E-state index in [0.717, 1.165) is 0 Å². The van der Waals surface area contributed by atoms with Crippen molar-refractivity contribution in [2.75, 3.05) is 0 Å². The lowest BCUT2D eigenvalue weighted by atomic mass is 9.84. The summed E-state index contributed by atoms with van der Waals surface area (Å²) in [5.74, 6) is 0. The molecule has 0 aliphatic rings. The standard InChI is InChI=1S/C48H30/c1-2-13-34-28-36(24-22-31(34)10-1)42-18-8-15-37-30-46-44(43-19-7-14-32-11-3-6-17-40(32)43)20-9-21-45(46)48(47(37)42)38-26-27-41-35(29-38)25-23-33-12-4-5-16-39(33)41/h1-30H. The van der Waals surface area contributed by atoms with Gasteiger partial charge in [-0.15, -0.1) is 0 Å². The highest BCUT2D eigenvalue weighted by Crippen LogP contribution is 2.45. The highest BCUT2D eigenvalue weighted by molar-refractivity contribution is 6.22. The molecule has 0 spiro atoms. The third-order valence-electron chi connectivity index (χ3n) is 10.2. The normalized spacial score (nSPS) is 11.8. The molecule has 0 atom stereocenters. The molecule has 222 valence electrons. The Morgan fingerprint density at radius 3 is 1.60 bits per heavy atom. The van der Waals surface area contributed by atoms with E-state index in [9.17, 15) is 0 Å². The third-order valence-corrected chi connectivity index (χ3v) is 10.2. The van der Waals surface area contributed by atoms with Crippen molar-refractivity contribution in [3.63, 3.8) is 0 Å². The van der Waals surface area contributed by atoms with Crippen molar-refractivity contribution in [3.05, 3.63) is 182 Å². The summed E-state index contributed by atoms with van der Waals surface area (Å²) in [5.41, 5.74) is 7.52. The van der Waals surface area contributed by atoms with Crippen molar-refractivity contribution in [2.24, 2.45) is 0 Å². The van der Waals surface area contributed by atoms with Gasteiger partial charge in [0.25, 0.3) is 0 Å². The first-order valence-corrected chi connectivity index (χ1v) is 16.7. The van der Waals surface area contributed by atoms with E-state index in [1.165, 1.54) is 98.0 Å². The predicted molar refractivity (Wildman–Crippen MR) is 208 cm³/mol. The van der Waals surface area contributed by atoms with Crippen LogP contribution < -0.4 is 0 Å². The molecule has 48 heavy (non-hydrogen) atoms. The lowest BCUT2D eigenvalue weighted by molar-refractivity contribution is 1.66. The third kappa shape index (κ3) is 4.16. The fourth-order valence-electron chi connectivity index (χ4n) is 7.96. The molecule has 0 aliphatic heterocycles. The zero-order valence-corrected chi connectivity index (χ0v) is 26.3. The van der Waals surface area contributed by atoms with E-state index >= 15 is 0 Å². The monoisotopic (exact) mass is 606 g/mol. The first-order valence-electron chi connectivity index (χ1n) is 16.7. The van der Waals surface area contributed by atoms with Crippen molar-refractivity contribution >= 4 is 64.6 Å². The Hall–Kier alpha value is -6.24. The molecule has 0 nitrogen and oxygen atoms in total. The maximum absolute atomic E-state index is 2.42. The predicted octanol–water partition coefficient (Wildman–Crippen LogP) is 13.6. The van der Waals surface area contributed by atoms with Gasteiger partial charge in [0.1, 0.15) is 0 Å². The maximum atomic E-state index is 2.42. The molecule has 0 saturated carbocycles. The Morgan fingerprint density at radius 2 is 0.750 bits per heavy atom. The van der Waals surface area contributed by atoms with Crippen LogP contribution in [0.15, 0.2) is 182 Å². The van der Waals surface area contributed by atoms with E-state index in [1.54, 1.807) is 0 Å². The molecule has 0 bridgehead atoms. The Morgan fingerprint density at radius 1 is 0.229 bits per heavy atom. The first-order chi connectivity index (χ1) is 23.8. The molecule has 0 amide bonds. The summed E-state index contributed by atoms with van der Waals surface area (Å²) in [5, 5.41) is 15.2. The van der Waals surface area contributed by atoms with Gasteiger partial charge in [-0.3, -0.25) is 0 Å². The molecule has 0 radical (unpaired) electrons. The first kappa shape index (κ1) is 26.9. The highest BCUT2D eigenvalue weighted by Gasteiger charge is 2.18. The number of rotatable bonds is 3. The van der Waals surface area contributed by atoms with Gasteiger partial charge in [0.2, 0.25) is 0 Å². The Balaban J connectivity index is 1.33. The summed E-state index contributed by atoms with van der Waals surface area (Å²) >= 11 is 0. The molecule has 0 aromatic heterocycles. The van der Waals surface area contributed by atoms with E-state index < -0.39 is 0 Å². The van der Waals surface area contributed by atoms with Gasteiger partial charge in [0, 0.05) is 0 Å². The summed E-state index contributed by atoms with van der Waals surface area (Å²) in [4.78, 5) is 0. The van der Waals surface area contributed by atoms with Crippen LogP contribution in [0, 0.1) is 0 Å². The summed E-state index contributed by atoms with van der Waals surface area (Å²) in [6, 6.07) is 67.3. The molecule has 0 heterocycles. The van der Waals surface area contributed by atoms with Gasteiger partial charge < -0.3 is 0 Å². The quantitative estimate of drug-likeness (QED) is 0.139. The smallest absolute Gasteiger partial charge is 0.00201 e. The molecule has 10 rings (SSSR count). The lowest BCUT2D eigenvalue weighted by Crippen LogP contribution is -1.92. The summed E-state index contributed by atoms with van der Waals surface area (Å²) in [6.07, 6.45) is 0. The van der Waals surface area contributed by atoms with Crippen molar-refractivity contribution in [1.82, 2.24) is 0 Å². The summed E-state index contributed by atoms with van der Waals surface area (Å²) in [6.45, 7) is 0. The average Bonchev–Trinajstić information content (AvgIpc) is 3.16. The van der Waals surface area contributed by atoms with E-state index in [1.807, 2.05) is 0 Å². The van der Waals surface area contributed by atoms with Crippen molar-refractivity contribution in [3.8, 4) is 33.4 Å². The SMILES string of the molecule is c1ccc2cc(-c3cccc4cc5c(-c6cccc7ccccc67)cccc5c(-c5ccc6c(ccc7ccccc76)c5)c34)ccc2c1. The topological polar surface area (TPSA) is 0 Å². The van der Waals surface area contributed by atoms with Crippen LogP contribution in [0.3, 0.4) is 0 Å². The zero-order chi connectivity index (χ0) is 31.6. The molecular formula is C48H30. The lowest BCUT2D eigenvalue weighted by Gasteiger charge is -2.19. The second kappa shape index (κ2) is 10.7. The molecule has 10 aromatic carbocycles. The van der Waals surface area contributed by atoms with Crippen LogP contribution in [-0.4, -0.2) is 0 Å². The van der Waals surface area contributed by atoms with Crippen molar-refractivity contribution < 1.29 is 0 Å². The van der Waals surface area contributed by atoms with Crippen molar-refractivity contribution in [2.45, 2.75) is 0 Å². The van der Waals surface area contributed by atoms with Crippen LogP contribution in [0.2, 0.25) is 0 Å². The molecule has 0 aliphatic carbocycles. The fraction of sp³-hybridized carbons (Fsp3) is 0. The minimum Gasteiger partial charge on any atom is -0.0616 e. The Labute approximate surface area is 279 Å². The second-order valence-electron chi connectivity index (χ2n) is 12.9. The average molecular weight is 607 g/mol. The van der Waals surface area contributed by atoms with Gasteiger partial charge in [-0.05, 0) is 116 Å². The number of hydrogen-bond donors (Lipinski definition) is 0. The van der Waals surface area contributed by atoms with Gasteiger partial charge in [0.05, 0.1) is 0 Å². The molecule has 0 saturated heterocycles. The number of benzene rings is 10. The minimum atomic E-state index is 1.23. The van der Waals surface area contributed by atoms with E-state index in [-0.39, 0.29) is 0 Å². The van der Waals surface area contributed by atoms with Crippen molar-refractivity contribution in [1.29, 1.82) is 0 Å². The van der Waals surface area contributed by atoms with E-state index in [0.29, 0.717) is 0 Å². The molecule has 10 aromatic rings. The largest absolute Gasteiger partial charge is 0.0616 e. The van der Waals surface area contributed by atoms with Crippen LogP contribution >= 0.6 is 0 Å². The minimum absolute atomic E-state index is 1.23. The van der Waals surface area contributed by atoms with Crippen LogP contribution in [0.4, 0.5) is 0 Å². The van der Waals surface area contributed by atoms with Gasteiger partial charge in [-0.2, -0.15) is 0 Å². The molecule has 0 unspecified atom stereocenters. The Bertz CT molecular complexity index is 2890. The summed E-state index contributed by atoms with van der Waals surface area (Å²) in [7, 11) is 0. The van der Waals surface area contributed by atoms with Gasteiger partial charge in [-0.25, -0.2) is 0 Å². The van der Waals surface area contributed by atoms with E-state index in [4.69, 9.17) is 0 Å². The molecular weight excluding hydrogens is 577 g/mol.